The van der Waals surface area contributed by atoms with Crippen LogP contribution in [0.2, 0.25) is 0 Å². The molecular formula is C14H27N5O. The van der Waals surface area contributed by atoms with E-state index in [4.69, 9.17) is 0 Å². The summed E-state index contributed by atoms with van der Waals surface area (Å²) in [5, 5.41) is 21.9. The van der Waals surface area contributed by atoms with E-state index in [9.17, 15) is 5.11 Å². The zero-order valence-electron chi connectivity index (χ0n) is 13.2. The Bertz CT molecular complexity index is 437. The molecule has 2 heterocycles. The van der Waals surface area contributed by atoms with Crippen LogP contribution in [0.3, 0.4) is 0 Å². The first-order chi connectivity index (χ1) is 9.34. The first-order valence-corrected chi connectivity index (χ1v) is 7.50. The molecule has 1 saturated heterocycles. The van der Waals surface area contributed by atoms with Crippen molar-refractivity contribution in [1.29, 1.82) is 0 Å². The first kappa shape index (κ1) is 15.4. The molecule has 0 spiro atoms. The Morgan fingerprint density at radius 1 is 1.30 bits per heavy atom. The molecule has 1 aliphatic rings. The summed E-state index contributed by atoms with van der Waals surface area (Å²) in [5.74, 6) is 1.48. The molecule has 6 nitrogen and oxygen atoms in total. The van der Waals surface area contributed by atoms with E-state index in [2.05, 4.69) is 55.0 Å². The fourth-order valence-electron chi connectivity index (χ4n) is 2.99. The van der Waals surface area contributed by atoms with Gasteiger partial charge in [0.05, 0.1) is 18.2 Å². The number of rotatable bonds is 4. The molecule has 0 aliphatic carbocycles. The predicted octanol–water partition coefficient (Wildman–Crippen LogP) is 1.58. The van der Waals surface area contributed by atoms with E-state index in [-0.39, 0.29) is 24.2 Å². The Labute approximate surface area is 121 Å². The van der Waals surface area contributed by atoms with Gasteiger partial charge in [0, 0.05) is 12.6 Å². The van der Waals surface area contributed by atoms with Gasteiger partial charge in [-0.3, -0.25) is 4.90 Å². The third-order valence-electron chi connectivity index (χ3n) is 3.86. The van der Waals surface area contributed by atoms with Gasteiger partial charge >= 0.3 is 0 Å². The number of likely N-dealkylation sites (tertiary alicyclic amines) is 1. The van der Waals surface area contributed by atoms with E-state index in [1.807, 2.05) is 4.68 Å². The Hall–Kier alpha value is -1.01. The van der Waals surface area contributed by atoms with Crippen molar-refractivity contribution in [2.24, 2.45) is 5.92 Å². The number of hydrogen-bond donors (Lipinski definition) is 1. The normalized spacial score (nSPS) is 24.8. The maximum absolute atomic E-state index is 9.59. The lowest BCUT2D eigenvalue weighted by atomic mass is 10.1. The molecule has 0 amide bonds. The van der Waals surface area contributed by atoms with Crippen LogP contribution in [0.1, 0.15) is 59.3 Å². The molecule has 1 aromatic heterocycles. The van der Waals surface area contributed by atoms with Gasteiger partial charge in [-0.2, -0.15) is 0 Å². The number of tetrazole rings is 1. The molecule has 0 radical (unpaired) electrons. The molecule has 6 heteroatoms. The molecule has 114 valence electrons. The Morgan fingerprint density at radius 2 is 2.00 bits per heavy atom. The van der Waals surface area contributed by atoms with Crippen molar-refractivity contribution in [3.8, 4) is 0 Å². The molecule has 0 unspecified atom stereocenters. The molecule has 1 aromatic rings. The lowest BCUT2D eigenvalue weighted by molar-refractivity contribution is 0.109. The molecule has 2 rings (SSSR count). The minimum absolute atomic E-state index is 0.125. The van der Waals surface area contributed by atoms with Gasteiger partial charge in [0.15, 0.2) is 5.82 Å². The van der Waals surface area contributed by atoms with Gasteiger partial charge in [0.25, 0.3) is 0 Å². The van der Waals surface area contributed by atoms with Gasteiger partial charge in [-0.05, 0) is 50.0 Å². The number of hydrogen-bond acceptors (Lipinski definition) is 5. The van der Waals surface area contributed by atoms with Gasteiger partial charge in [-0.15, -0.1) is 5.10 Å². The largest absolute Gasteiger partial charge is 0.395 e. The summed E-state index contributed by atoms with van der Waals surface area (Å²) in [7, 11) is 0. The monoisotopic (exact) mass is 281 g/mol. The Kier molecular flexibility index (Phi) is 4.44. The lowest BCUT2D eigenvalue weighted by Gasteiger charge is -2.31. The van der Waals surface area contributed by atoms with Crippen LogP contribution in [-0.2, 0) is 5.54 Å². The minimum atomic E-state index is -0.125. The maximum atomic E-state index is 9.59. The summed E-state index contributed by atoms with van der Waals surface area (Å²) in [5.41, 5.74) is -0.125. The molecule has 20 heavy (non-hydrogen) atoms. The summed E-state index contributed by atoms with van der Waals surface area (Å²) >= 11 is 0. The highest BCUT2D eigenvalue weighted by molar-refractivity contribution is 5.02. The second-order valence-electron chi connectivity index (χ2n) is 7.14. The molecule has 1 aliphatic heterocycles. The average Bonchev–Trinajstić information content (AvgIpc) is 2.92. The molecule has 0 saturated carbocycles. The van der Waals surface area contributed by atoms with E-state index in [0.717, 1.165) is 25.2 Å². The fourth-order valence-corrected chi connectivity index (χ4v) is 2.99. The third-order valence-corrected chi connectivity index (χ3v) is 3.86. The van der Waals surface area contributed by atoms with Crippen molar-refractivity contribution in [3.05, 3.63) is 5.82 Å². The minimum Gasteiger partial charge on any atom is -0.395 e. The van der Waals surface area contributed by atoms with Gasteiger partial charge in [-0.25, -0.2) is 4.68 Å². The SMILES string of the molecule is CC(C)CN1[C@H](CO)CC[C@@H]1c1nnnn1C(C)(C)C. The smallest absolute Gasteiger partial charge is 0.168 e. The van der Waals surface area contributed by atoms with Crippen LogP contribution in [-0.4, -0.2) is 49.4 Å². The third kappa shape index (κ3) is 3.01. The Morgan fingerprint density at radius 3 is 2.55 bits per heavy atom. The Balaban J connectivity index is 2.29. The maximum Gasteiger partial charge on any atom is 0.168 e. The van der Waals surface area contributed by atoms with Crippen LogP contribution in [0.25, 0.3) is 0 Å². The van der Waals surface area contributed by atoms with Crippen LogP contribution >= 0.6 is 0 Å². The van der Waals surface area contributed by atoms with E-state index >= 15 is 0 Å². The summed E-state index contributed by atoms with van der Waals surface area (Å²) in [4.78, 5) is 2.37. The van der Waals surface area contributed by atoms with Crippen molar-refractivity contribution in [1.82, 2.24) is 25.1 Å². The van der Waals surface area contributed by atoms with Crippen LogP contribution < -0.4 is 0 Å². The predicted molar refractivity (Wildman–Crippen MR) is 77.2 cm³/mol. The molecular weight excluding hydrogens is 254 g/mol. The summed E-state index contributed by atoms with van der Waals surface area (Å²) < 4.78 is 1.92. The summed E-state index contributed by atoms with van der Waals surface area (Å²) in [6, 6.07) is 0.441. The molecule has 0 bridgehead atoms. The van der Waals surface area contributed by atoms with E-state index in [0.29, 0.717) is 5.92 Å². The van der Waals surface area contributed by atoms with Gasteiger partial charge in [0.2, 0.25) is 0 Å². The van der Waals surface area contributed by atoms with Crippen molar-refractivity contribution >= 4 is 0 Å². The van der Waals surface area contributed by atoms with Crippen LogP contribution in [0, 0.1) is 5.92 Å². The highest BCUT2D eigenvalue weighted by Gasteiger charge is 2.38. The number of aliphatic hydroxyl groups is 1. The molecule has 0 aromatic carbocycles. The highest BCUT2D eigenvalue weighted by atomic mass is 16.3. The number of aliphatic hydroxyl groups excluding tert-OH is 1. The average molecular weight is 281 g/mol. The standard InChI is InChI=1S/C14H27N5O/c1-10(2)8-18-11(9-20)6-7-12(18)13-15-16-17-19(13)14(3,4)5/h10-12,20H,6-9H2,1-5H3/t11-,12+/m0/s1. The van der Waals surface area contributed by atoms with E-state index in [1.165, 1.54) is 0 Å². The summed E-state index contributed by atoms with van der Waals surface area (Å²) in [6.45, 7) is 11.9. The highest BCUT2D eigenvalue weighted by Crippen LogP contribution is 2.36. The fraction of sp³-hybridized carbons (Fsp3) is 0.929. The van der Waals surface area contributed by atoms with Crippen LogP contribution in [0.15, 0.2) is 0 Å². The second-order valence-corrected chi connectivity index (χ2v) is 7.14. The van der Waals surface area contributed by atoms with Crippen molar-refractivity contribution < 1.29 is 5.11 Å². The number of nitrogens with zero attached hydrogens (tertiary/aromatic N) is 5. The summed E-state index contributed by atoms with van der Waals surface area (Å²) in [6.07, 6.45) is 2.01. The number of aromatic nitrogens is 4. The lowest BCUT2D eigenvalue weighted by Crippen LogP contribution is -2.39. The van der Waals surface area contributed by atoms with E-state index in [1.54, 1.807) is 0 Å². The van der Waals surface area contributed by atoms with Gasteiger partial charge < -0.3 is 5.11 Å². The van der Waals surface area contributed by atoms with Crippen molar-refractivity contribution in [3.63, 3.8) is 0 Å². The van der Waals surface area contributed by atoms with Gasteiger partial charge in [0.1, 0.15) is 0 Å². The van der Waals surface area contributed by atoms with Crippen molar-refractivity contribution in [2.75, 3.05) is 13.2 Å². The zero-order chi connectivity index (χ0) is 14.9. The van der Waals surface area contributed by atoms with Gasteiger partial charge in [-0.1, -0.05) is 13.8 Å². The van der Waals surface area contributed by atoms with Crippen LogP contribution in [0.5, 0.6) is 0 Å². The van der Waals surface area contributed by atoms with Crippen LogP contribution in [0.4, 0.5) is 0 Å². The topological polar surface area (TPSA) is 67.1 Å². The zero-order valence-corrected chi connectivity index (χ0v) is 13.2. The second kappa shape index (κ2) is 5.77. The molecule has 1 fully saturated rings. The first-order valence-electron chi connectivity index (χ1n) is 7.50. The van der Waals surface area contributed by atoms with E-state index < -0.39 is 0 Å². The molecule has 2 atom stereocenters. The quantitative estimate of drug-likeness (QED) is 0.907. The van der Waals surface area contributed by atoms with Crippen molar-refractivity contribution in [2.45, 2.75) is 65.1 Å². The molecule has 1 N–H and O–H groups in total.